The van der Waals surface area contributed by atoms with E-state index in [2.05, 4.69) is 5.32 Å². The largest absolute Gasteiger partial charge is 0.378 e. The summed E-state index contributed by atoms with van der Waals surface area (Å²) < 4.78 is 13.5. The first-order valence-electron chi connectivity index (χ1n) is 7.55. The zero-order chi connectivity index (χ0) is 16.4. The number of fused-ring (bicyclic) bond motifs is 1. The van der Waals surface area contributed by atoms with Gasteiger partial charge in [0.1, 0.15) is 5.82 Å². The number of carbonyl (C=O) groups excluding carboxylic acids is 1. The van der Waals surface area contributed by atoms with Crippen LogP contribution in [0.25, 0.3) is 0 Å². The van der Waals surface area contributed by atoms with Crippen molar-refractivity contribution in [1.82, 2.24) is 5.32 Å². The number of rotatable bonds is 3. The van der Waals surface area contributed by atoms with Crippen molar-refractivity contribution in [2.45, 2.75) is 17.4 Å². The van der Waals surface area contributed by atoms with E-state index in [-0.39, 0.29) is 17.8 Å². The van der Waals surface area contributed by atoms with Gasteiger partial charge in [-0.15, -0.1) is 11.8 Å². The molecule has 0 bridgehead atoms. The van der Waals surface area contributed by atoms with Gasteiger partial charge in [0.2, 0.25) is 0 Å². The lowest BCUT2D eigenvalue weighted by molar-refractivity contribution is 0.0935. The Labute approximate surface area is 139 Å². The van der Waals surface area contributed by atoms with Gasteiger partial charge in [0, 0.05) is 36.0 Å². The molecule has 0 spiro atoms. The second-order valence-electron chi connectivity index (χ2n) is 5.79. The number of nitrogens with zero attached hydrogens (tertiary/aromatic N) is 1. The minimum Gasteiger partial charge on any atom is -0.378 e. The van der Waals surface area contributed by atoms with Crippen LogP contribution < -0.4 is 10.2 Å². The molecular weight excluding hydrogens is 311 g/mol. The predicted molar refractivity (Wildman–Crippen MR) is 92.7 cm³/mol. The quantitative estimate of drug-likeness (QED) is 0.927. The molecule has 1 N–H and O–H groups in total. The van der Waals surface area contributed by atoms with Crippen LogP contribution >= 0.6 is 11.8 Å². The Morgan fingerprint density at radius 3 is 2.87 bits per heavy atom. The number of hydrogen-bond acceptors (Lipinski definition) is 3. The van der Waals surface area contributed by atoms with E-state index < -0.39 is 0 Å². The fourth-order valence-electron chi connectivity index (χ4n) is 2.68. The van der Waals surface area contributed by atoms with Crippen molar-refractivity contribution < 1.29 is 9.18 Å². The minimum absolute atomic E-state index is 0.124. The number of carbonyl (C=O) groups is 1. The van der Waals surface area contributed by atoms with E-state index in [9.17, 15) is 9.18 Å². The molecule has 0 aromatic heterocycles. The van der Waals surface area contributed by atoms with Crippen molar-refractivity contribution in [2.24, 2.45) is 0 Å². The molecule has 1 amide bonds. The number of thioether (sulfide) groups is 1. The van der Waals surface area contributed by atoms with E-state index in [0.717, 1.165) is 28.3 Å². The van der Waals surface area contributed by atoms with Crippen LogP contribution in [-0.2, 0) is 0 Å². The monoisotopic (exact) mass is 330 g/mol. The summed E-state index contributed by atoms with van der Waals surface area (Å²) in [6.45, 7) is 0. The van der Waals surface area contributed by atoms with Gasteiger partial charge in [0.15, 0.2) is 0 Å². The third-order valence-corrected chi connectivity index (χ3v) is 5.06. The number of anilines is 1. The van der Waals surface area contributed by atoms with Crippen molar-refractivity contribution in [3.05, 3.63) is 59.4 Å². The Morgan fingerprint density at radius 2 is 2.09 bits per heavy atom. The van der Waals surface area contributed by atoms with Gasteiger partial charge in [0.05, 0.1) is 6.04 Å². The molecule has 1 aliphatic heterocycles. The van der Waals surface area contributed by atoms with Crippen LogP contribution in [0, 0.1) is 5.82 Å². The maximum atomic E-state index is 13.5. The Hall–Kier alpha value is -2.01. The highest BCUT2D eigenvalue weighted by Crippen LogP contribution is 2.36. The summed E-state index contributed by atoms with van der Waals surface area (Å²) in [6.07, 6.45) is 0.806. The van der Waals surface area contributed by atoms with E-state index in [4.69, 9.17) is 0 Å². The van der Waals surface area contributed by atoms with Crippen molar-refractivity contribution >= 4 is 23.4 Å². The molecule has 2 aromatic carbocycles. The Bertz CT molecular complexity index is 733. The van der Waals surface area contributed by atoms with E-state index >= 15 is 0 Å². The second-order valence-corrected chi connectivity index (χ2v) is 6.93. The van der Waals surface area contributed by atoms with Gasteiger partial charge >= 0.3 is 0 Å². The zero-order valence-corrected chi connectivity index (χ0v) is 14.0. The molecular formula is C18H19FN2OS. The van der Waals surface area contributed by atoms with Gasteiger partial charge in [0.25, 0.3) is 5.91 Å². The van der Waals surface area contributed by atoms with E-state index in [1.165, 1.54) is 12.1 Å². The maximum absolute atomic E-state index is 13.5. The van der Waals surface area contributed by atoms with Gasteiger partial charge < -0.3 is 10.2 Å². The van der Waals surface area contributed by atoms with Crippen molar-refractivity contribution in [3.8, 4) is 0 Å². The summed E-state index contributed by atoms with van der Waals surface area (Å²) in [5.41, 5.74) is 2.47. The molecule has 0 aliphatic carbocycles. The molecule has 1 aliphatic rings. The molecule has 5 heteroatoms. The van der Waals surface area contributed by atoms with E-state index in [0.29, 0.717) is 5.56 Å². The SMILES string of the molecule is CN(C)c1cccc(C(=O)N[C@@H]2CCSc3ccc(F)cc32)c1. The lowest BCUT2D eigenvalue weighted by Crippen LogP contribution is -2.30. The lowest BCUT2D eigenvalue weighted by Gasteiger charge is -2.26. The minimum atomic E-state index is -0.264. The van der Waals surface area contributed by atoms with E-state index in [1.54, 1.807) is 23.9 Å². The first-order valence-corrected chi connectivity index (χ1v) is 8.53. The van der Waals surface area contributed by atoms with Crippen molar-refractivity contribution in [1.29, 1.82) is 0 Å². The van der Waals surface area contributed by atoms with Gasteiger partial charge in [-0.1, -0.05) is 6.07 Å². The molecule has 120 valence electrons. The topological polar surface area (TPSA) is 32.3 Å². The molecule has 23 heavy (non-hydrogen) atoms. The fraction of sp³-hybridized carbons (Fsp3) is 0.278. The maximum Gasteiger partial charge on any atom is 0.251 e. The number of benzene rings is 2. The lowest BCUT2D eigenvalue weighted by atomic mass is 10.0. The first kappa shape index (κ1) is 15.9. The van der Waals surface area contributed by atoms with Crippen LogP contribution in [0.4, 0.5) is 10.1 Å². The smallest absolute Gasteiger partial charge is 0.251 e. The fourth-order valence-corrected chi connectivity index (χ4v) is 3.79. The third-order valence-electron chi connectivity index (χ3n) is 3.94. The van der Waals surface area contributed by atoms with Gasteiger partial charge in [-0.25, -0.2) is 4.39 Å². The molecule has 3 nitrogen and oxygen atoms in total. The van der Waals surface area contributed by atoms with E-state index in [1.807, 2.05) is 37.2 Å². The second kappa shape index (κ2) is 6.62. The predicted octanol–water partition coefficient (Wildman–Crippen LogP) is 3.86. The number of halogens is 1. The molecule has 2 aromatic rings. The first-order chi connectivity index (χ1) is 11.0. The molecule has 3 rings (SSSR count). The number of hydrogen-bond donors (Lipinski definition) is 1. The molecule has 0 saturated heterocycles. The summed E-state index contributed by atoms with van der Waals surface area (Å²) in [4.78, 5) is 15.6. The summed E-state index contributed by atoms with van der Waals surface area (Å²) in [5.74, 6) is 0.530. The van der Waals surface area contributed by atoms with Crippen molar-refractivity contribution in [2.75, 3.05) is 24.7 Å². The average Bonchev–Trinajstić information content (AvgIpc) is 2.55. The van der Waals surface area contributed by atoms with Gasteiger partial charge in [-0.2, -0.15) is 0 Å². The average molecular weight is 330 g/mol. The Kier molecular flexibility index (Phi) is 4.57. The highest BCUT2D eigenvalue weighted by atomic mass is 32.2. The van der Waals surface area contributed by atoms with Crippen LogP contribution in [0.2, 0.25) is 0 Å². The highest BCUT2D eigenvalue weighted by molar-refractivity contribution is 7.99. The van der Waals surface area contributed by atoms with Crippen molar-refractivity contribution in [3.63, 3.8) is 0 Å². The Morgan fingerprint density at radius 1 is 1.26 bits per heavy atom. The van der Waals surface area contributed by atoms with Crippen LogP contribution in [-0.4, -0.2) is 25.8 Å². The zero-order valence-electron chi connectivity index (χ0n) is 13.2. The van der Waals surface area contributed by atoms with Gasteiger partial charge in [-0.3, -0.25) is 4.79 Å². The molecule has 0 unspecified atom stereocenters. The van der Waals surface area contributed by atoms with Gasteiger partial charge in [-0.05, 0) is 48.4 Å². The van der Waals surface area contributed by atoms with Crippen LogP contribution in [0.3, 0.4) is 0 Å². The third kappa shape index (κ3) is 3.50. The highest BCUT2D eigenvalue weighted by Gasteiger charge is 2.23. The molecule has 1 atom stereocenters. The number of amides is 1. The van der Waals surface area contributed by atoms with Crippen LogP contribution in [0.15, 0.2) is 47.4 Å². The summed E-state index contributed by atoms with van der Waals surface area (Å²) >= 11 is 1.71. The number of nitrogens with one attached hydrogen (secondary N) is 1. The normalized spacial score (nSPS) is 16.6. The van der Waals surface area contributed by atoms with Crippen LogP contribution in [0.1, 0.15) is 28.4 Å². The molecule has 0 saturated carbocycles. The summed E-state index contributed by atoms with van der Waals surface area (Å²) in [5, 5.41) is 3.05. The Balaban J connectivity index is 1.82. The summed E-state index contributed by atoms with van der Waals surface area (Å²) in [6, 6.07) is 12.1. The standard InChI is InChI=1S/C18H19FN2OS/c1-21(2)14-5-3-4-12(10-14)18(22)20-16-8-9-23-17-7-6-13(19)11-15(16)17/h3-7,10-11,16H,8-9H2,1-2H3,(H,20,22)/t16-/m1/s1. The van der Waals surface area contributed by atoms with Crippen LogP contribution in [0.5, 0.6) is 0 Å². The summed E-state index contributed by atoms with van der Waals surface area (Å²) in [7, 11) is 3.88. The molecule has 0 radical (unpaired) electrons. The molecule has 0 fully saturated rings. The molecule has 1 heterocycles.